The summed E-state index contributed by atoms with van der Waals surface area (Å²) in [4.78, 5) is 11.0. The molecule has 5 nitrogen and oxygen atoms in total. The number of aliphatic carboxylic acids is 1. The van der Waals surface area contributed by atoms with E-state index in [-0.39, 0.29) is 23.4 Å². The first-order valence-corrected chi connectivity index (χ1v) is 8.84. The summed E-state index contributed by atoms with van der Waals surface area (Å²) in [6.45, 7) is 0.121. The van der Waals surface area contributed by atoms with E-state index < -0.39 is 32.7 Å². The smallest absolute Gasteiger partial charge is 0.322 e. The molecule has 1 heterocycles. The Hall–Kier alpha value is -1.18. The van der Waals surface area contributed by atoms with Crippen LogP contribution in [0.5, 0.6) is 0 Å². The summed E-state index contributed by atoms with van der Waals surface area (Å²) < 4.78 is 40.4. The lowest BCUT2D eigenvalue weighted by Gasteiger charge is -2.24. The van der Waals surface area contributed by atoms with Gasteiger partial charge in [-0.25, -0.2) is 12.8 Å². The van der Waals surface area contributed by atoms with E-state index in [1.54, 1.807) is 0 Å². The van der Waals surface area contributed by atoms with Crippen molar-refractivity contribution in [3.63, 3.8) is 0 Å². The van der Waals surface area contributed by atoms with E-state index in [0.29, 0.717) is 6.42 Å². The molecule has 3 atom stereocenters. The quantitative estimate of drug-likeness (QED) is 0.910. The van der Waals surface area contributed by atoms with Gasteiger partial charge in [0.15, 0.2) is 5.82 Å². The Balaban J connectivity index is 2.05. The normalized spacial score (nSPS) is 28.7. The molecule has 0 aromatic heterocycles. The van der Waals surface area contributed by atoms with Crippen LogP contribution in [-0.4, -0.2) is 36.4 Å². The lowest BCUT2D eigenvalue weighted by molar-refractivity contribution is -0.142. The molecule has 3 rings (SSSR count). The minimum atomic E-state index is -4.24. The zero-order chi connectivity index (χ0) is 16.1. The highest BCUT2D eigenvalue weighted by molar-refractivity contribution is 7.89. The van der Waals surface area contributed by atoms with Crippen molar-refractivity contribution in [2.24, 2.45) is 11.8 Å². The van der Waals surface area contributed by atoms with Crippen LogP contribution in [-0.2, 0) is 14.8 Å². The molecule has 1 aliphatic carbocycles. The molecule has 22 heavy (non-hydrogen) atoms. The van der Waals surface area contributed by atoms with E-state index in [1.165, 1.54) is 12.1 Å². The number of carboxylic acid groups (broad SMARTS) is 1. The maximum Gasteiger partial charge on any atom is 0.322 e. The molecule has 3 unspecified atom stereocenters. The number of fused-ring (bicyclic) bond motifs is 1. The lowest BCUT2D eigenvalue weighted by Crippen LogP contribution is -2.43. The summed E-state index contributed by atoms with van der Waals surface area (Å²) in [7, 11) is -4.24. The van der Waals surface area contributed by atoms with Crippen molar-refractivity contribution >= 4 is 27.6 Å². The van der Waals surface area contributed by atoms with Gasteiger partial charge >= 0.3 is 5.97 Å². The summed E-state index contributed by atoms with van der Waals surface area (Å²) in [6.07, 6.45) is 2.39. The molecule has 1 N–H and O–H groups in total. The van der Waals surface area contributed by atoms with E-state index in [9.17, 15) is 22.7 Å². The Morgan fingerprint density at radius 3 is 2.77 bits per heavy atom. The number of sulfonamides is 1. The molecule has 1 aromatic carbocycles. The molecular weight excluding hydrogens is 333 g/mol. The highest BCUT2D eigenvalue weighted by Crippen LogP contribution is 2.44. The van der Waals surface area contributed by atoms with Gasteiger partial charge in [-0.3, -0.25) is 4.79 Å². The molecule has 0 amide bonds. The Labute approximate surface area is 132 Å². The van der Waals surface area contributed by atoms with Crippen LogP contribution in [0.3, 0.4) is 0 Å². The number of hydrogen-bond donors (Lipinski definition) is 1. The van der Waals surface area contributed by atoms with Crippen LogP contribution in [0.25, 0.3) is 0 Å². The van der Waals surface area contributed by atoms with Crippen LogP contribution in [0.1, 0.15) is 19.3 Å². The predicted octanol–water partition coefficient (Wildman–Crippen LogP) is 2.35. The van der Waals surface area contributed by atoms with Gasteiger partial charge in [0.2, 0.25) is 10.0 Å². The SMILES string of the molecule is O=C(O)C1C2CCCC2CN1S(=O)(=O)c1cccc(Cl)c1F. The van der Waals surface area contributed by atoms with Crippen molar-refractivity contribution in [1.29, 1.82) is 0 Å². The summed E-state index contributed by atoms with van der Waals surface area (Å²) in [5, 5.41) is 9.14. The average Bonchev–Trinajstić information content (AvgIpc) is 3.01. The van der Waals surface area contributed by atoms with E-state index in [0.717, 1.165) is 23.2 Å². The van der Waals surface area contributed by atoms with Crippen molar-refractivity contribution in [2.75, 3.05) is 6.54 Å². The predicted molar refractivity (Wildman–Crippen MR) is 77.6 cm³/mol. The van der Waals surface area contributed by atoms with Crippen LogP contribution in [0, 0.1) is 17.7 Å². The fourth-order valence-corrected chi connectivity index (χ4v) is 5.63. The van der Waals surface area contributed by atoms with Gasteiger partial charge in [0.25, 0.3) is 0 Å². The Bertz CT molecular complexity index is 724. The zero-order valence-electron chi connectivity index (χ0n) is 11.6. The number of benzene rings is 1. The lowest BCUT2D eigenvalue weighted by atomic mass is 9.94. The number of nitrogens with zero attached hydrogens (tertiary/aromatic N) is 1. The molecule has 0 bridgehead atoms. The molecule has 1 saturated carbocycles. The van der Waals surface area contributed by atoms with E-state index in [1.807, 2.05) is 0 Å². The summed E-state index contributed by atoms with van der Waals surface area (Å²) in [6, 6.07) is 2.58. The van der Waals surface area contributed by atoms with Crippen molar-refractivity contribution in [1.82, 2.24) is 4.31 Å². The Morgan fingerprint density at radius 1 is 1.36 bits per heavy atom. The molecule has 1 aromatic rings. The molecule has 0 spiro atoms. The maximum absolute atomic E-state index is 14.1. The van der Waals surface area contributed by atoms with Crippen molar-refractivity contribution in [3.8, 4) is 0 Å². The summed E-state index contributed by atoms with van der Waals surface area (Å²) in [5.41, 5.74) is 0. The van der Waals surface area contributed by atoms with Gasteiger partial charge in [0.05, 0.1) is 5.02 Å². The highest BCUT2D eigenvalue weighted by Gasteiger charge is 2.52. The first-order chi connectivity index (χ1) is 10.3. The van der Waals surface area contributed by atoms with Crippen LogP contribution in [0.15, 0.2) is 23.1 Å². The minimum Gasteiger partial charge on any atom is -0.480 e. The van der Waals surface area contributed by atoms with E-state index in [2.05, 4.69) is 0 Å². The van der Waals surface area contributed by atoms with Gasteiger partial charge in [-0.2, -0.15) is 4.31 Å². The number of rotatable bonds is 3. The monoisotopic (exact) mass is 347 g/mol. The van der Waals surface area contributed by atoms with Crippen LogP contribution < -0.4 is 0 Å². The molecule has 2 fully saturated rings. The van der Waals surface area contributed by atoms with Gasteiger partial charge in [-0.1, -0.05) is 24.1 Å². The second kappa shape index (κ2) is 5.47. The number of carboxylic acids is 1. The largest absolute Gasteiger partial charge is 0.480 e. The fraction of sp³-hybridized carbons (Fsp3) is 0.500. The van der Waals surface area contributed by atoms with Gasteiger partial charge < -0.3 is 5.11 Å². The number of carbonyl (C=O) groups is 1. The molecule has 120 valence electrons. The van der Waals surface area contributed by atoms with E-state index in [4.69, 9.17) is 11.6 Å². The standard InChI is InChI=1S/C14H15ClFNO4S/c15-10-5-2-6-11(12(10)16)22(20,21)17-7-8-3-1-4-9(8)13(17)14(18)19/h2,5-6,8-9,13H,1,3-4,7H2,(H,18,19). The van der Waals surface area contributed by atoms with Crippen LogP contribution in [0.2, 0.25) is 5.02 Å². The second-order valence-corrected chi connectivity index (χ2v) is 8.03. The third-order valence-electron chi connectivity index (χ3n) is 4.60. The van der Waals surface area contributed by atoms with Gasteiger partial charge in [-0.15, -0.1) is 0 Å². The molecule has 0 radical (unpaired) electrons. The first-order valence-electron chi connectivity index (χ1n) is 7.02. The summed E-state index contributed by atoms with van der Waals surface area (Å²) >= 11 is 5.65. The minimum absolute atomic E-state index is 0.0260. The second-order valence-electron chi connectivity index (χ2n) is 5.76. The van der Waals surface area contributed by atoms with Crippen molar-refractivity contribution < 1.29 is 22.7 Å². The van der Waals surface area contributed by atoms with Crippen LogP contribution in [0.4, 0.5) is 4.39 Å². The number of halogens is 2. The molecule has 1 aliphatic heterocycles. The Morgan fingerprint density at radius 2 is 2.09 bits per heavy atom. The maximum atomic E-state index is 14.1. The zero-order valence-corrected chi connectivity index (χ0v) is 13.1. The average molecular weight is 348 g/mol. The molecule has 2 aliphatic rings. The fourth-order valence-electron chi connectivity index (χ4n) is 3.63. The summed E-state index contributed by atoms with van der Waals surface area (Å²) in [5.74, 6) is -2.39. The third kappa shape index (κ3) is 2.31. The van der Waals surface area contributed by atoms with Gasteiger partial charge in [0, 0.05) is 6.54 Å². The third-order valence-corrected chi connectivity index (χ3v) is 6.76. The van der Waals surface area contributed by atoms with Gasteiger partial charge in [0.1, 0.15) is 10.9 Å². The van der Waals surface area contributed by atoms with Crippen molar-refractivity contribution in [2.45, 2.75) is 30.2 Å². The first kappa shape index (κ1) is 15.7. The number of hydrogen-bond acceptors (Lipinski definition) is 3. The highest BCUT2D eigenvalue weighted by atomic mass is 35.5. The Kier molecular flexibility index (Phi) is 3.91. The molecule has 1 saturated heterocycles. The van der Waals surface area contributed by atoms with Crippen LogP contribution >= 0.6 is 11.6 Å². The molecule has 8 heteroatoms. The van der Waals surface area contributed by atoms with Crippen molar-refractivity contribution in [3.05, 3.63) is 29.0 Å². The van der Waals surface area contributed by atoms with E-state index >= 15 is 0 Å². The molecular formula is C14H15ClFNO4S. The topological polar surface area (TPSA) is 74.7 Å². The van der Waals surface area contributed by atoms with Gasteiger partial charge in [-0.05, 0) is 36.8 Å².